The molecule has 0 aliphatic carbocycles. The highest BCUT2D eigenvalue weighted by Gasteiger charge is 2.42. The summed E-state index contributed by atoms with van der Waals surface area (Å²) in [5.74, 6) is -0.577. The van der Waals surface area contributed by atoms with E-state index in [1.54, 1.807) is 24.3 Å². The van der Waals surface area contributed by atoms with Gasteiger partial charge in [0.15, 0.2) is 0 Å². The van der Waals surface area contributed by atoms with Gasteiger partial charge in [0.05, 0.1) is 10.3 Å². The Morgan fingerprint density at radius 1 is 1.07 bits per heavy atom. The van der Waals surface area contributed by atoms with Crippen molar-refractivity contribution in [2.75, 3.05) is 4.72 Å². The van der Waals surface area contributed by atoms with Crippen molar-refractivity contribution in [3.8, 4) is 0 Å². The average Bonchev–Trinajstić information content (AvgIpc) is 2.63. The van der Waals surface area contributed by atoms with Crippen molar-refractivity contribution in [3.05, 3.63) is 59.1 Å². The lowest BCUT2D eigenvalue weighted by Gasteiger charge is -2.35. The predicted molar refractivity (Wildman–Crippen MR) is 103 cm³/mol. The number of hydrogen-bond donors (Lipinski definition) is 2. The van der Waals surface area contributed by atoms with Crippen LogP contribution in [0, 0.1) is 0 Å². The molecule has 2 N–H and O–H groups in total. The van der Waals surface area contributed by atoms with Crippen molar-refractivity contribution in [2.24, 2.45) is 0 Å². The van der Waals surface area contributed by atoms with Gasteiger partial charge in [-0.1, -0.05) is 30.7 Å². The molecular weight excluding hydrogens is 388 g/mol. The first-order valence-corrected chi connectivity index (χ1v) is 10.4. The highest BCUT2D eigenvalue weighted by Crippen LogP contribution is 2.36. The lowest BCUT2D eigenvalue weighted by molar-refractivity contribution is -0.138. The third kappa shape index (κ3) is 3.84. The Bertz CT molecular complexity index is 972. The van der Waals surface area contributed by atoms with Crippen LogP contribution in [0.1, 0.15) is 31.7 Å². The molecule has 2 amide bonds. The quantitative estimate of drug-likeness (QED) is 0.745. The summed E-state index contributed by atoms with van der Waals surface area (Å²) in [4.78, 5) is 24.0. The molecule has 0 spiro atoms. The summed E-state index contributed by atoms with van der Waals surface area (Å²) in [6.07, 6.45) is 1.26. The van der Waals surface area contributed by atoms with E-state index in [0.717, 1.165) is 5.56 Å². The van der Waals surface area contributed by atoms with Crippen LogP contribution in [-0.4, -0.2) is 20.2 Å². The minimum Gasteiger partial charge on any atom is -0.296 e. The number of hydrogen-bond acceptors (Lipinski definition) is 4. The highest BCUT2D eigenvalue weighted by atomic mass is 35.5. The van der Waals surface area contributed by atoms with Gasteiger partial charge in [-0.2, -0.15) is 0 Å². The van der Waals surface area contributed by atoms with E-state index in [0.29, 0.717) is 23.6 Å². The summed E-state index contributed by atoms with van der Waals surface area (Å²) in [5, 5.41) is 2.85. The zero-order valence-corrected chi connectivity index (χ0v) is 16.2. The number of benzene rings is 2. The summed E-state index contributed by atoms with van der Waals surface area (Å²) in [6, 6.07) is 12.5. The first-order valence-electron chi connectivity index (χ1n) is 8.50. The Morgan fingerprint density at radius 2 is 1.70 bits per heavy atom. The van der Waals surface area contributed by atoms with E-state index in [1.807, 2.05) is 6.92 Å². The number of halogens is 1. The Hall–Kier alpha value is -2.38. The van der Waals surface area contributed by atoms with Crippen LogP contribution in [0.15, 0.2) is 53.4 Å². The molecule has 0 aromatic heterocycles. The van der Waals surface area contributed by atoms with Crippen molar-refractivity contribution in [1.29, 1.82) is 0 Å². The van der Waals surface area contributed by atoms with Crippen molar-refractivity contribution in [3.63, 3.8) is 0 Å². The largest absolute Gasteiger partial charge is 0.296 e. The molecule has 6 nitrogen and oxygen atoms in total. The fourth-order valence-corrected chi connectivity index (χ4v) is 4.44. The van der Waals surface area contributed by atoms with Gasteiger partial charge in [0, 0.05) is 17.1 Å². The van der Waals surface area contributed by atoms with Crippen LogP contribution >= 0.6 is 11.6 Å². The van der Waals surface area contributed by atoms with Crippen molar-refractivity contribution < 1.29 is 18.0 Å². The number of imide groups is 1. The number of sulfonamides is 1. The molecule has 0 radical (unpaired) electrons. The summed E-state index contributed by atoms with van der Waals surface area (Å²) in [7, 11) is -3.74. The van der Waals surface area contributed by atoms with Crippen LogP contribution in [0.5, 0.6) is 0 Å². The van der Waals surface area contributed by atoms with Gasteiger partial charge in [0.25, 0.3) is 10.0 Å². The van der Waals surface area contributed by atoms with Gasteiger partial charge in [0.2, 0.25) is 11.8 Å². The molecule has 1 heterocycles. The lowest BCUT2D eigenvalue weighted by atomic mass is 9.72. The van der Waals surface area contributed by atoms with Crippen LogP contribution in [0.25, 0.3) is 0 Å². The second kappa shape index (κ2) is 7.32. The fourth-order valence-electron chi connectivity index (χ4n) is 3.25. The molecule has 142 valence electrons. The molecule has 2 aromatic rings. The van der Waals surface area contributed by atoms with Crippen LogP contribution in [0.3, 0.4) is 0 Å². The summed E-state index contributed by atoms with van der Waals surface area (Å²) >= 11 is 5.79. The third-order valence-electron chi connectivity index (χ3n) is 4.88. The van der Waals surface area contributed by atoms with Crippen LogP contribution in [0.2, 0.25) is 5.02 Å². The standard InChI is InChI=1S/C19H19ClN2O4S/c1-2-19(12-11-17(23)21-18(19)24)13-3-7-15(8-4-13)22-27(25,26)16-9-5-14(20)6-10-16/h3-10,22H,2,11-12H2,1H3,(H,21,23,24)/t19-/m0/s1. The van der Waals surface area contributed by atoms with Gasteiger partial charge < -0.3 is 0 Å². The normalized spacial score (nSPS) is 20.2. The predicted octanol–water partition coefficient (Wildman–Crippen LogP) is 3.23. The Balaban J connectivity index is 1.84. The summed E-state index contributed by atoms with van der Waals surface area (Å²) in [5.41, 5.74) is 0.360. The first-order chi connectivity index (χ1) is 12.8. The second-order valence-electron chi connectivity index (χ2n) is 6.45. The monoisotopic (exact) mass is 406 g/mol. The smallest absolute Gasteiger partial charge is 0.261 e. The fraction of sp³-hybridized carbons (Fsp3) is 0.263. The molecule has 1 saturated heterocycles. The Morgan fingerprint density at radius 3 is 2.26 bits per heavy atom. The number of rotatable bonds is 5. The van der Waals surface area contributed by atoms with E-state index in [4.69, 9.17) is 11.6 Å². The molecular formula is C19H19ClN2O4S. The van der Waals surface area contributed by atoms with Gasteiger partial charge in [-0.3, -0.25) is 19.6 Å². The number of carbonyl (C=O) groups is 2. The molecule has 1 atom stereocenters. The number of anilines is 1. The van der Waals surface area contributed by atoms with E-state index in [9.17, 15) is 18.0 Å². The molecule has 3 rings (SSSR count). The molecule has 0 saturated carbocycles. The van der Waals surface area contributed by atoms with Gasteiger partial charge in [-0.15, -0.1) is 0 Å². The summed E-state index contributed by atoms with van der Waals surface area (Å²) < 4.78 is 27.4. The van der Waals surface area contributed by atoms with E-state index >= 15 is 0 Å². The maximum Gasteiger partial charge on any atom is 0.261 e. The average molecular weight is 407 g/mol. The van der Waals surface area contributed by atoms with E-state index in [2.05, 4.69) is 10.0 Å². The molecule has 1 fully saturated rings. The van der Waals surface area contributed by atoms with Crippen LogP contribution in [0.4, 0.5) is 5.69 Å². The van der Waals surface area contributed by atoms with Crippen molar-refractivity contribution >= 4 is 39.1 Å². The first kappa shape index (κ1) is 19.4. The number of amides is 2. The molecule has 27 heavy (non-hydrogen) atoms. The van der Waals surface area contributed by atoms with Gasteiger partial charge in [-0.25, -0.2) is 8.42 Å². The van der Waals surface area contributed by atoms with E-state index in [1.165, 1.54) is 24.3 Å². The van der Waals surface area contributed by atoms with Crippen molar-refractivity contribution in [1.82, 2.24) is 5.32 Å². The molecule has 2 aromatic carbocycles. The minimum atomic E-state index is -3.74. The summed E-state index contributed by atoms with van der Waals surface area (Å²) in [6.45, 7) is 1.90. The Labute approximate surface area is 163 Å². The molecule has 0 bridgehead atoms. The molecule has 0 unspecified atom stereocenters. The van der Waals surface area contributed by atoms with E-state index in [-0.39, 0.29) is 23.1 Å². The molecule has 1 aliphatic rings. The minimum absolute atomic E-state index is 0.103. The number of piperidine rings is 1. The third-order valence-corrected chi connectivity index (χ3v) is 6.53. The maximum atomic E-state index is 12.5. The van der Waals surface area contributed by atoms with Gasteiger partial charge >= 0.3 is 0 Å². The lowest BCUT2D eigenvalue weighted by Crippen LogP contribution is -2.51. The van der Waals surface area contributed by atoms with E-state index < -0.39 is 15.4 Å². The van der Waals surface area contributed by atoms with Crippen molar-refractivity contribution in [2.45, 2.75) is 36.5 Å². The number of nitrogens with one attached hydrogen (secondary N) is 2. The topological polar surface area (TPSA) is 92.3 Å². The number of carbonyl (C=O) groups excluding carboxylic acids is 2. The SMILES string of the molecule is CC[C@@]1(c2ccc(NS(=O)(=O)c3ccc(Cl)cc3)cc2)CCC(=O)NC1=O. The zero-order chi connectivity index (χ0) is 19.7. The second-order valence-corrected chi connectivity index (χ2v) is 8.57. The maximum absolute atomic E-state index is 12.5. The molecule has 1 aliphatic heterocycles. The van der Waals surface area contributed by atoms with Gasteiger partial charge in [0.1, 0.15) is 0 Å². The van der Waals surface area contributed by atoms with Crippen LogP contribution < -0.4 is 10.0 Å². The van der Waals surface area contributed by atoms with Crippen LogP contribution in [-0.2, 0) is 25.0 Å². The Kier molecular flexibility index (Phi) is 5.26. The molecule has 8 heteroatoms. The van der Waals surface area contributed by atoms with Gasteiger partial charge in [-0.05, 0) is 54.8 Å². The highest BCUT2D eigenvalue weighted by molar-refractivity contribution is 7.92. The zero-order valence-electron chi connectivity index (χ0n) is 14.7.